The third kappa shape index (κ3) is 5.24. The molecule has 94 valence electrons. The van der Waals surface area contributed by atoms with E-state index in [2.05, 4.69) is 0 Å². The van der Waals surface area contributed by atoms with Crippen molar-refractivity contribution in [2.24, 2.45) is 5.73 Å². The normalized spacial score (nSPS) is 9.94. The first-order valence-electron chi connectivity index (χ1n) is 5.91. The highest BCUT2D eigenvalue weighted by Gasteiger charge is 2.02. The summed E-state index contributed by atoms with van der Waals surface area (Å²) >= 11 is 0. The minimum absolute atomic E-state index is 0.236. The zero-order chi connectivity index (χ0) is 12.5. The quantitative estimate of drug-likeness (QED) is 0.414. The number of nitrogens with two attached hydrogens (primary N) is 1. The number of amidine groups is 1. The molecule has 0 saturated heterocycles. The molecule has 1 aromatic carbocycles. The smallest absolute Gasteiger partial charge is 0.161 e. The summed E-state index contributed by atoms with van der Waals surface area (Å²) in [4.78, 5) is 0. The van der Waals surface area contributed by atoms with Crippen LogP contribution >= 0.6 is 0 Å². The maximum atomic E-state index is 7.10. The lowest BCUT2D eigenvalue weighted by Crippen LogP contribution is -2.09. The van der Waals surface area contributed by atoms with E-state index in [1.807, 2.05) is 31.2 Å². The van der Waals surface area contributed by atoms with Gasteiger partial charge in [0.2, 0.25) is 0 Å². The summed E-state index contributed by atoms with van der Waals surface area (Å²) in [6, 6.07) is 7.64. The molecule has 0 heterocycles. The van der Waals surface area contributed by atoms with E-state index in [1.165, 1.54) is 0 Å². The van der Waals surface area contributed by atoms with Crippen LogP contribution in [-0.2, 0) is 0 Å². The summed E-state index contributed by atoms with van der Waals surface area (Å²) in [5, 5.41) is 7.10. The summed E-state index contributed by atoms with van der Waals surface area (Å²) < 4.78 is 11.1. The molecule has 1 rings (SSSR count). The van der Waals surface area contributed by atoms with E-state index < -0.39 is 0 Å². The van der Waals surface area contributed by atoms with Crippen LogP contribution in [0, 0.1) is 5.41 Å². The van der Waals surface area contributed by atoms with Gasteiger partial charge in [-0.2, -0.15) is 0 Å². The molecule has 4 nitrogen and oxygen atoms in total. The monoisotopic (exact) mass is 236 g/mol. The molecule has 1 aromatic rings. The van der Waals surface area contributed by atoms with Gasteiger partial charge < -0.3 is 15.2 Å². The van der Waals surface area contributed by atoms with Crippen molar-refractivity contribution in [3.8, 4) is 11.5 Å². The number of hydrogen-bond acceptors (Lipinski definition) is 3. The molecule has 0 atom stereocenters. The number of hydrogen-bond donors (Lipinski definition) is 2. The second kappa shape index (κ2) is 7.54. The molecule has 17 heavy (non-hydrogen) atoms. The van der Waals surface area contributed by atoms with Crippen LogP contribution in [0.1, 0.15) is 26.2 Å². The molecule has 4 heteroatoms. The lowest BCUT2D eigenvalue weighted by atomic mass is 10.2. The Hall–Kier alpha value is -1.71. The highest BCUT2D eigenvalue weighted by Crippen LogP contribution is 2.26. The number of rotatable bonds is 8. The van der Waals surface area contributed by atoms with E-state index in [0.717, 1.165) is 24.3 Å². The van der Waals surface area contributed by atoms with Crippen molar-refractivity contribution in [1.29, 1.82) is 5.41 Å². The minimum Gasteiger partial charge on any atom is -0.490 e. The predicted octanol–water partition coefficient (Wildman–Crippen LogP) is 2.57. The lowest BCUT2D eigenvalue weighted by molar-refractivity contribution is 0.272. The predicted molar refractivity (Wildman–Crippen MR) is 68.9 cm³/mol. The van der Waals surface area contributed by atoms with E-state index in [1.54, 1.807) is 0 Å². The Morgan fingerprint density at radius 1 is 1.18 bits per heavy atom. The van der Waals surface area contributed by atoms with Crippen molar-refractivity contribution in [2.45, 2.75) is 26.2 Å². The molecule has 0 aliphatic heterocycles. The van der Waals surface area contributed by atoms with Gasteiger partial charge in [-0.05, 0) is 31.9 Å². The number of nitrogens with one attached hydrogen (secondary N) is 1. The number of ether oxygens (including phenoxy) is 2. The molecule has 0 amide bonds. The Kier molecular flexibility index (Phi) is 5.93. The first kappa shape index (κ1) is 13.4. The van der Waals surface area contributed by atoms with Crippen molar-refractivity contribution in [2.75, 3.05) is 13.2 Å². The van der Waals surface area contributed by atoms with Crippen molar-refractivity contribution < 1.29 is 9.47 Å². The van der Waals surface area contributed by atoms with Gasteiger partial charge in [0, 0.05) is 6.42 Å². The molecule has 0 spiro atoms. The van der Waals surface area contributed by atoms with Gasteiger partial charge in [-0.3, -0.25) is 5.41 Å². The molecule has 0 saturated carbocycles. The van der Waals surface area contributed by atoms with Crippen molar-refractivity contribution in [3.63, 3.8) is 0 Å². The first-order valence-corrected chi connectivity index (χ1v) is 5.91. The fourth-order valence-corrected chi connectivity index (χ4v) is 1.44. The molecule has 0 aliphatic rings. The molecule has 0 aromatic heterocycles. The van der Waals surface area contributed by atoms with Crippen molar-refractivity contribution in [1.82, 2.24) is 0 Å². The molecule has 0 fully saturated rings. The molecule has 0 unspecified atom stereocenters. The number of unbranched alkanes of at least 4 members (excludes halogenated alkanes) is 1. The standard InChI is InChI=1S/C13H20N2O2/c1-2-16-11-7-3-4-8-12(11)17-10-6-5-9-13(14)15/h3-4,7-8H,2,5-6,9-10H2,1H3,(H3,14,15). The van der Waals surface area contributed by atoms with E-state index in [9.17, 15) is 0 Å². The summed E-state index contributed by atoms with van der Waals surface area (Å²) in [6.45, 7) is 3.20. The Labute approximate surface area is 102 Å². The van der Waals surface area contributed by atoms with Gasteiger partial charge in [0.15, 0.2) is 11.5 Å². The van der Waals surface area contributed by atoms with Crippen molar-refractivity contribution in [3.05, 3.63) is 24.3 Å². The Morgan fingerprint density at radius 3 is 2.41 bits per heavy atom. The Balaban J connectivity index is 2.33. The third-order valence-corrected chi connectivity index (χ3v) is 2.25. The first-order chi connectivity index (χ1) is 8.24. The van der Waals surface area contributed by atoms with E-state index in [-0.39, 0.29) is 5.84 Å². The fourth-order valence-electron chi connectivity index (χ4n) is 1.44. The lowest BCUT2D eigenvalue weighted by Gasteiger charge is -2.11. The fraction of sp³-hybridized carbons (Fsp3) is 0.462. The van der Waals surface area contributed by atoms with E-state index in [4.69, 9.17) is 20.6 Å². The van der Waals surface area contributed by atoms with Gasteiger partial charge in [0.1, 0.15) is 0 Å². The highest BCUT2D eigenvalue weighted by molar-refractivity contribution is 5.76. The topological polar surface area (TPSA) is 68.3 Å². The highest BCUT2D eigenvalue weighted by atomic mass is 16.5. The zero-order valence-corrected chi connectivity index (χ0v) is 10.2. The molecular formula is C13H20N2O2. The van der Waals surface area contributed by atoms with Crippen LogP contribution in [0.2, 0.25) is 0 Å². The van der Waals surface area contributed by atoms with Gasteiger partial charge in [0.05, 0.1) is 19.0 Å². The van der Waals surface area contributed by atoms with Crippen molar-refractivity contribution >= 4 is 5.84 Å². The summed E-state index contributed by atoms with van der Waals surface area (Å²) in [5.41, 5.74) is 5.27. The molecule has 0 radical (unpaired) electrons. The maximum Gasteiger partial charge on any atom is 0.161 e. The summed E-state index contributed by atoms with van der Waals surface area (Å²) in [5.74, 6) is 1.79. The number of para-hydroxylation sites is 2. The summed E-state index contributed by atoms with van der Waals surface area (Å²) in [6.07, 6.45) is 2.41. The molecule has 0 aliphatic carbocycles. The van der Waals surface area contributed by atoms with E-state index >= 15 is 0 Å². The van der Waals surface area contributed by atoms with Crippen LogP contribution in [0.15, 0.2) is 24.3 Å². The van der Waals surface area contributed by atoms with E-state index in [0.29, 0.717) is 19.6 Å². The second-order valence-electron chi connectivity index (χ2n) is 3.71. The van der Waals surface area contributed by atoms with Crippen LogP contribution in [0.3, 0.4) is 0 Å². The maximum absolute atomic E-state index is 7.10. The molecule has 3 N–H and O–H groups in total. The van der Waals surface area contributed by atoms with Gasteiger partial charge in [-0.25, -0.2) is 0 Å². The third-order valence-electron chi connectivity index (χ3n) is 2.25. The van der Waals surface area contributed by atoms with Crippen LogP contribution < -0.4 is 15.2 Å². The van der Waals surface area contributed by atoms with Crippen LogP contribution in [-0.4, -0.2) is 19.0 Å². The van der Waals surface area contributed by atoms with Gasteiger partial charge in [-0.15, -0.1) is 0 Å². The Bertz CT molecular complexity index is 353. The average Bonchev–Trinajstić information content (AvgIpc) is 2.31. The SMILES string of the molecule is CCOc1ccccc1OCCCCC(=N)N. The zero-order valence-electron chi connectivity index (χ0n) is 10.2. The molecule has 0 bridgehead atoms. The second-order valence-corrected chi connectivity index (χ2v) is 3.71. The minimum atomic E-state index is 0.236. The summed E-state index contributed by atoms with van der Waals surface area (Å²) in [7, 11) is 0. The van der Waals surface area contributed by atoms with Crippen LogP contribution in [0.5, 0.6) is 11.5 Å². The van der Waals surface area contributed by atoms with Gasteiger partial charge >= 0.3 is 0 Å². The number of benzene rings is 1. The average molecular weight is 236 g/mol. The van der Waals surface area contributed by atoms with Crippen LogP contribution in [0.4, 0.5) is 0 Å². The van der Waals surface area contributed by atoms with Gasteiger partial charge in [-0.1, -0.05) is 12.1 Å². The Morgan fingerprint density at radius 2 is 1.82 bits per heavy atom. The van der Waals surface area contributed by atoms with Crippen LogP contribution in [0.25, 0.3) is 0 Å². The molecular weight excluding hydrogens is 216 g/mol. The van der Waals surface area contributed by atoms with Gasteiger partial charge in [0.25, 0.3) is 0 Å². The largest absolute Gasteiger partial charge is 0.490 e.